The van der Waals surface area contributed by atoms with Crippen LogP contribution in [-0.2, 0) is 17.9 Å². The third-order valence-corrected chi connectivity index (χ3v) is 12.5. The Labute approximate surface area is 251 Å². The molecule has 0 nitrogen and oxygen atoms in total. The zero-order chi connectivity index (χ0) is 28.0. The molecule has 0 heterocycles. The van der Waals surface area contributed by atoms with Crippen molar-refractivity contribution in [3.8, 4) is 4.37 Å². The van der Waals surface area contributed by atoms with Crippen LogP contribution >= 0.6 is 7.26 Å². The molecular formula is C38H37OsP+. The molecule has 0 aromatic heterocycles. The fourth-order valence-electron chi connectivity index (χ4n) is 5.29. The van der Waals surface area contributed by atoms with E-state index in [2.05, 4.69) is 151 Å². The minimum absolute atomic E-state index is 1.12. The Morgan fingerprint density at radius 3 is 1.60 bits per heavy atom. The molecule has 40 heavy (non-hydrogen) atoms. The van der Waals surface area contributed by atoms with E-state index in [1.807, 2.05) is 37.0 Å². The van der Waals surface area contributed by atoms with Crippen LogP contribution in [-0.4, -0.2) is 0 Å². The Bertz CT molecular complexity index is 1410. The molecule has 0 atom stereocenters. The summed E-state index contributed by atoms with van der Waals surface area (Å²) in [5.74, 6) is 0. The fraction of sp³-hybridized carbons (Fsp3) is 0.132. The van der Waals surface area contributed by atoms with E-state index >= 15 is 0 Å². The van der Waals surface area contributed by atoms with Crippen LogP contribution in [0, 0.1) is 4.37 Å². The first-order valence-corrected chi connectivity index (χ1v) is 17.0. The molecule has 2 heteroatoms. The molecule has 201 valence electrons. The summed E-state index contributed by atoms with van der Waals surface area (Å²) in [6.45, 7) is 4.20. The summed E-state index contributed by atoms with van der Waals surface area (Å²) in [6.07, 6.45) is 25.1. The van der Waals surface area contributed by atoms with Crippen LogP contribution in [0.4, 0.5) is 0 Å². The SMILES string of the molecule is CC=C1CCCC1=CC(/C=C/C=C/C=C/C=C/C)=C([C]#[Os])[P+](c1ccccc1)(c1ccccc1)c1ccccc1. The second-order valence-corrected chi connectivity index (χ2v) is 13.5. The summed E-state index contributed by atoms with van der Waals surface area (Å²) in [5, 5.41) is 5.30. The van der Waals surface area contributed by atoms with E-state index in [1.165, 1.54) is 44.4 Å². The summed E-state index contributed by atoms with van der Waals surface area (Å²) in [5.41, 5.74) is 4.15. The molecule has 4 rings (SSSR count). The van der Waals surface area contributed by atoms with Gasteiger partial charge in [0, 0.05) is 0 Å². The number of rotatable bonds is 9. The molecule has 1 aliphatic carbocycles. The second-order valence-electron chi connectivity index (χ2n) is 9.56. The predicted octanol–water partition coefficient (Wildman–Crippen LogP) is 9.04. The third kappa shape index (κ3) is 6.87. The van der Waals surface area contributed by atoms with Crippen molar-refractivity contribution in [2.24, 2.45) is 0 Å². The van der Waals surface area contributed by atoms with Gasteiger partial charge in [-0.15, -0.1) is 0 Å². The first-order chi connectivity index (χ1) is 19.7. The average Bonchev–Trinajstić information content (AvgIpc) is 3.47. The second kappa shape index (κ2) is 15.5. The van der Waals surface area contributed by atoms with Crippen LogP contribution in [0.25, 0.3) is 0 Å². The topological polar surface area (TPSA) is 0 Å². The number of benzene rings is 3. The van der Waals surface area contributed by atoms with Gasteiger partial charge in [-0.2, -0.15) is 0 Å². The molecule has 1 aliphatic rings. The molecule has 0 spiro atoms. The van der Waals surface area contributed by atoms with Crippen molar-refractivity contribution in [2.75, 3.05) is 0 Å². The minimum atomic E-state index is -2.26. The van der Waals surface area contributed by atoms with E-state index in [9.17, 15) is 0 Å². The standard InChI is InChI=1S/C38H37P.Os/c1-4-6-7-8-9-10-14-22-34(31-35-24-21-23-33(35)5-2)32(3)39(36-25-15-11-16-26-36,37-27-17-12-18-28-37)38-29-19-13-20-30-38;/h4-20,22,25-31H,21,23-24H2,1-2H3;/q+1;/b6-4+,8-7+,10-9+,22-14+,33-5?,34-32?,35-31?;. The molecule has 1 fully saturated rings. The molecule has 0 bridgehead atoms. The molecule has 0 N–H and O–H groups in total. The molecule has 3 aromatic carbocycles. The fourth-order valence-corrected chi connectivity index (χ4v) is 11.1. The summed E-state index contributed by atoms with van der Waals surface area (Å²) < 4.78 is 3.81. The van der Waals surface area contributed by atoms with Crippen molar-refractivity contribution in [1.29, 1.82) is 0 Å². The van der Waals surface area contributed by atoms with Gasteiger partial charge < -0.3 is 0 Å². The number of hydrogen-bond acceptors (Lipinski definition) is 0. The Hall–Kier alpha value is -3.31. The molecule has 0 saturated heterocycles. The van der Waals surface area contributed by atoms with E-state index in [4.69, 9.17) is 0 Å². The van der Waals surface area contributed by atoms with Gasteiger partial charge in [0.2, 0.25) is 0 Å². The molecule has 0 unspecified atom stereocenters. The molecule has 3 aromatic rings. The predicted molar refractivity (Wildman–Crippen MR) is 174 cm³/mol. The molecular weight excluding hydrogens is 678 g/mol. The van der Waals surface area contributed by atoms with Gasteiger partial charge in [-0.05, 0) is 0 Å². The first-order valence-electron chi connectivity index (χ1n) is 13.9. The van der Waals surface area contributed by atoms with Crippen molar-refractivity contribution in [3.63, 3.8) is 0 Å². The van der Waals surface area contributed by atoms with E-state index in [-0.39, 0.29) is 0 Å². The van der Waals surface area contributed by atoms with Gasteiger partial charge >= 0.3 is 252 Å². The van der Waals surface area contributed by atoms with Crippen LogP contribution < -0.4 is 15.9 Å². The number of allylic oxidation sites excluding steroid dienone is 14. The Morgan fingerprint density at radius 2 is 1.12 bits per heavy atom. The summed E-state index contributed by atoms with van der Waals surface area (Å²) in [7, 11) is -2.26. The molecule has 0 amide bonds. The van der Waals surface area contributed by atoms with E-state index < -0.39 is 7.26 Å². The van der Waals surface area contributed by atoms with Gasteiger partial charge in [-0.1, -0.05) is 0 Å². The van der Waals surface area contributed by atoms with Crippen LogP contribution in [0.5, 0.6) is 0 Å². The maximum atomic E-state index is 3.81. The van der Waals surface area contributed by atoms with E-state index in [0.717, 1.165) is 12.8 Å². The van der Waals surface area contributed by atoms with E-state index in [0.29, 0.717) is 0 Å². The van der Waals surface area contributed by atoms with Crippen LogP contribution in [0.2, 0.25) is 0 Å². The normalized spacial score (nSPS) is 17.1. The zero-order valence-corrected chi connectivity index (χ0v) is 26.8. The molecule has 1 saturated carbocycles. The van der Waals surface area contributed by atoms with Crippen molar-refractivity contribution < 1.29 is 17.9 Å². The van der Waals surface area contributed by atoms with Crippen molar-refractivity contribution in [3.05, 3.63) is 174 Å². The molecule has 0 radical (unpaired) electrons. The summed E-state index contributed by atoms with van der Waals surface area (Å²) in [6, 6.07) is 33.2. The van der Waals surface area contributed by atoms with Crippen LogP contribution in [0.1, 0.15) is 33.1 Å². The third-order valence-electron chi connectivity index (χ3n) is 7.13. The van der Waals surface area contributed by atoms with Gasteiger partial charge in [-0.3, -0.25) is 0 Å². The summed E-state index contributed by atoms with van der Waals surface area (Å²) in [4.78, 5) is 0. The van der Waals surface area contributed by atoms with Gasteiger partial charge in [-0.25, -0.2) is 0 Å². The first kappa shape index (κ1) is 29.7. The number of hydrogen-bond donors (Lipinski definition) is 0. The van der Waals surface area contributed by atoms with Crippen molar-refractivity contribution >= 4 is 23.2 Å². The van der Waals surface area contributed by atoms with Crippen molar-refractivity contribution in [1.82, 2.24) is 0 Å². The zero-order valence-electron chi connectivity index (χ0n) is 23.4. The monoisotopic (exact) mass is 716 g/mol. The van der Waals surface area contributed by atoms with Crippen molar-refractivity contribution in [2.45, 2.75) is 33.1 Å². The van der Waals surface area contributed by atoms with Gasteiger partial charge in [0.1, 0.15) is 0 Å². The Kier molecular flexibility index (Phi) is 11.5. The van der Waals surface area contributed by atoms with Gasteiger partial charge in [0.05, 0.1) is 0 Å². The van der Waals surface area contributed by atoms with Crippen LogP contribution in [0.3, 0.4) is 0 Å². The molecule has 0 aliphatic heterocycles. The van der Waals surface area contributed by atoms with Gasteiger partial charge in [0.15, 0.2) is 0 Å². The van der Waals surface area contributed by atoms with Gasteiger partial charge in [0.25, 0.3) is 0 Å². The Balaban J connectivity index is 2.07. The summed E-state index contributed by atoms with van der Waals surface area (Å²) >= 11 is 1.84. The van der Waals surface area contributed by atoms with E-state index in [1.54, 1.807) is 0 Å². The average molecular weight is 715 g/mol. The maximum absolute atomic E-state index is 3.81. The van der Waals surface area contributed by atoms with Crippen LogP contribution in [0.15, 0.2) is 174 Å². The quantitative estimate of drug-likeness (QED) is 0.153. The Morgan fingerprint density at radius 1 is 0.650 bits per heavy atom.